The van der Waals surface area contributed by atoms with Crippen molar-refractivity contribution in [1.82, 2.24) is 9.55 Å². The molecule has 0 aliphatic carbocycles. The molecule has 3 rings (SSSR count). The molecule has 1 aromatic heterocycles. The number of anilines is 1. The zero-order chi connectivity index (χ0) is 16.4. The second kappa shape index (κ2) is 6.12. The molecule has 1 aliphatic heterocycles. The van der Waals surface area contributed by atoms with Gasteiger partial charge in [0.2, 0.25) is 0 Å². The summed E-state index contributed by atoms with van der Waals surface area (Å²) in [5.41, 5.74) is 0.764. The molecule has 120 valence electrons. The minimum absolute atomic E-state index is 0.112. The summed E-state index contributed by atoms with van der Waals surface area (Å²) < 4.78 is 7.07. The van der Waals surface area contributed by atoms with Crippen LogP contribution < -0.4 is 4.90 Å². The van der Waals surface area contributed by atoms with Crippen molar-refractivity contribution in [2.24, 2.45) is 0 Å². The van der Waals surface area contributed by atoms with Crippen LogP contribution in [0.15, 0.2) is 30.3 Å². The van der Waals surface area contributed by atoms with Crippen LogP contribution in [0.3, 0.4) is 0 Å². The smallest absolute Gasteiger partial charge is 0.415 e. The standard InChI is InChI=1S/C16H17N3O4/c1-11-17-13(15(20)21)14-18(11)8-5-9-19(14)16(22)23-10-12-6-3-2-4-7-12/h2-4,6-7H,5,8-10H2,1H3,(H,20,21). The molecule has 0 saturated heterocycles. The van der Waals surface area contributed by atoms with E-state index >= 15 is 0 Å². The number of aryl methyl sites for hydroxylation is 1. The van der Waals surface area contributed by atoms with Crippen molar-refractivity contribution in [3.05, 3.63) is 47.4 Å². The molecule has 0 spiro atoms. The molecular weight excluding hydrogens is 298 g/mol. The quantitative estimate of drug-likeness (QED) is 0.940. The monoisotopic (exact) mass is 315 g/mol. The molecule has 0 radical (unpaired) electrons. The number of ether oxygens (including phenoxy) is 1. The lowest BCUT2D eigenvalue weighted by atomic mass is 10.2. The average Bonchev–Trinajstić information content (AvgIpc) is 2.91. The molecule has 2 aromatic rings. The van der Waals surface area contributed by atoms with Gasteiger partial charge < -0.3 is 14.4 Å². The first kappa shape index (κ1) is 15.1. The van der Waals surface area contributed by atoms with Crippen molar-refractivity contribution >= 4 is 17.9 Å². The molecule has 0 unspecified atom stereocenters. The lowest BCUT2D eigenvalue weighted by Gasteiger charge is -2.28. The van der Waals surface area contributed by atoms with E-state index in [1.807, 2.05) is 30.3 Å². The Morgan fingerprint density at radius 1 is 1.26 bits per heavy atom. The van der Waals surface area contributed by atoms with E-state index in [0.29, 0.717) is 24.7 Å². The summed E-state index contributed by atoms with van der Waals surface area (Å²) in [6.07, 6.45) is 0.168. The van der Waals surface area contributed by atoms with E-state index in [-0.39, 0.29) is 12.3 Å². The normalized spacial score (nSPS) is 13.5. The van der Waals surface area contributed by atoms with Gasteiger partial charge in [-0.2, -0.15) is 0 Å². The summed E-state index contributed by atoms with van der Waals surface area (Å²) >= 11 is 0. The predicted molar refractivity (Wildman–Crippen MR) is 82.5 cm³/mol. The van der Waals surface area contributed by atoms with Gasteiger partial charge in [0.05, 0.1) is 0 Å². The Kier molecular flexibility index (Phi) is 4.01. The molecule has 1 amide bonds. The third-order valence-electron chi connectivity index (χ3n) is 3.78. The van der Waals surface area contributed by atoms with Gasteiger partial charge in [0.1, 0.15) is 12.4 Å². The largest absolute Gasteiger partial charge is 0.476 e. The second-order valence-corrected chi connectivity index (χ2v) is 5.33. The summed E-state index contributed by atoms with van der Waals surface area (Å²) in [4.78, 5) is 29.2. The van der Waals surface area contributed by atoms with Crippen molar-refractivity contribution in [1.29, 1.82) is 0 Å². The van der Waals surface area contributed by atoms with E-state index in [1.54, 1.807) is 11.5 Å². The number of aromatic carboxylic acids is 1. The number of benzene rings is 1. The highest BCUT2D eigenvalue weighted by atomic mass is 16.6. The van der Waals surface area contributed by atoms with Crippen LogP contribution >= 0.6 is 0 Å². The number of rotatable bonds is 3. The fourth-order valence-corrected chi connectivity index (χ4v) is 2.71. The molecule has 0 bridgehead atoms. The number of amides is 1. The number of carboxylic acids is 1. The first-order chi connectivity index (χ1) is 11.1. The Labute approximate surface area is 133 Å². The van der Waals surface area contributed by atoms with Crippen LogP contribution in [0.5, 0.6) is 0 Å². The fraction of sp³-hybridized carbons (Fsp3) is 0.312. The Morgan fingerprint density at radius 2 is 2.00 bits per heavy atom. The minimum Gasteiger partial charge on any atom is -0.476 e. The molecule has 7 heteroatoms. The number of carbonyl (C=O) groups is 2. The highest BCUT2D eigenvalue weighted by molar-refractivity contribution is 5.97. The molecular formula is C16H17N3O4. The number of nitrogens with zero attached hydrogens (tertiary/aromatic N) is 3. The first-order valence-corrected chi connectivity index (χ1v) is 7.36. The molecule has 23 heavy (non-hydrogen) atoms. The van der Waals surface area contributed by atoms with Crippen molar-refractivity contribution in [2.75, 3.05) is 11.4 Å². The predicted octanol–water partition coefficient (Wildman–Crippen LogP) is 2.44. The minimum atomic E-state index is -1.15. The molecule has 7 nitrogen and oxygen atoms in total. The average molecular weight is 315 g/mol. The van der Waals surface area contributed by atoms with E-state index in [1.165, 1.54) is 4.90 Å². The summed E-state index contributed by atoms with van der Waals surface area (Å²) in [7, 11) is 0. The maximum Gasteiger partial charge on any atom is 0.415 e. The SMILES string of the molecule is Cc1nc(C(=O)O)c2n1CCCN2C(=O)OCc1ccccc1. The zero-order valence-corrected chi connectivity index (χ0v) is 12.7. The van der Waals surface area contributed by atoms with Crippen LogP contribution in [0.2, 0.25) is 0 Å². The summed E-state index contributed by atoms with van der Waals surface area (Å²) in [5, 5.41) is 9.31. The Balaban J connectivity index is 1.82. The van der Waals surface area contributed by atoms with Gasteiger partial charge >= 0.3 is 12.1 Å². The summed E-state index contributed by atoms with van der Waals surface area (Å²) in [5.74, 6) is -0.262. The van der Waals surface area contributed by atoms with E-state index in [4.69, 9.17) is 4.74 Å². The maximum absolute atomic E-state index is 12.4. The zero-order valence-electron chi connectivity index (χ0n) is 12.7. The number of carboxylic acid groups (broad SMARTS) is 1. The Bertz CT molecular complexity index is 739. The molecule has 0 saturated carbocycles. The topological polar surface area (TPSA) is 84.7 Å². The lowest BCUT2D eigenvalue weighted by Crippen LogP contribution is -2.38. The van der Waals surface area contributed by atoms with Gasteiger partial charge in [-0.25, -0.2) is 14.6 Å². The molecule has 1 N–H and O–H groups in total. The molecule has 0 atom stereocenters. The molecule has 1 aromatic carbocycles. The fourth-order valence-electron chi connectivity index (χ4n) is 2.71. The number of aromatic nitrogens is 2. The van der Waals surface area contributed by atoms with Crippen molar-refractivity contribution < 1.29 is 19.4 Å². The van der Waals surface area contributed by atoms with Gasteiger partial charge in [-0.15, -0.1) is 0 Å². The number of carbonyl (C=O) groups excluding carboxylic acids is 1. The molecule has 1 aliphatic rings. The van der Waals surface area contributed by atoms with E-state index in [2.05, 4.69) is 4.98 Å². The number of fused-ring (bicyclic) bond motifs is 1. The van der Waals surface area contributed by atoms with Crippen LogP contribution in [0.1, 0.15) is 28.3 Å². The van der Waals surface area contributed by atoms with E-state index in [0.717, 1.165) is 12.0 Å². The van der Waals surface area contributed by atoms with Crippen LogP contribution in [-0.2, 0) is 17.9 Å². The Morgan fingerprint density at radius 3 is 2.70 bits per heavy atom. The van der Waals surface area contributed by atoms with Crippen LogP contribution in [0.4, 0.5) is 10.6 Å². The third-order valence-corrected chi connectivity index (χ3v) is 3.78. The van der Waals surface area contributed by atoms with Gasteiger partial charge in [-0.1, -0.05) is 30.3 Å². The Hall–Kier alpha value is -2.83. The van der Waals surface area contributed by atoms with Crippen LogP contribution in [0, 0.1) is 6.92 Å². The summed E-state index contributed by atoms with van der Waals surface area (Å²) in [6, 6.07) is 9.34. The van der Waals surface area contributed by atoms with Crippen LogP contribution in [0.25, 0.3) is 0 Å². The van der Waals surface area contributed by atoms with Crippen molar-refractivity contribution in [2.45, 2.75) is 26.5 Å². The highest BCUT2D eigenvalue weighted by Gasteiger charge is 2.32. The van der Waals surface area contributed by atoms with E-state index in [9.17, 15) is 14.7 Å². The van der Waals surface area contributed by atoms with Gasteiger partial charge in [0.15, 0.2) is 11.5 Å². The van der Waals surface area contributed by atoms with Gasteiger partial charge in [0.25, 0.3) is 0 Å². The van der Waals surface area contributed by atoms with Crippen molar-refractivity contribution in [3.8, 4) is 0 Å². The number of imidazole rings is 1. The number of hydrogen-bond acceptors (Lipinski definition) is 4. The summed E-state index contributed by atoms with van der Waals surface area (Å²) in [6.45, 7) is 2.93. The lowest BCUT2D eigenvalue weighted by molar-refractivity contribution is 0.0691. The van der Waals surface area contributed by atoms with E-state index < -0.39 is 12.1 Å². The highest BCUT2D eigenvalue weighted by Crippen LogP contribution is 2.28. The van der Waals surface area contributed by atoms with Gasteiger partial charge in [-0.3, -0.25) is 4.90 Å². The molecule has 0 fully saturated rings. The second-order valence-electron chi connectivity index (χ2n) is 5.33. The first-order valence-electron chi connectivity index (χ1n) is 7.36. The van der Waals surface area contributed by atoms with Crippen LogP contribution in [-0.4, -0.2) is 33.3 Å². The third kappa shape index (κ3) is 2.90. The molecule has 2 heterocycles. The number of hydrogen-bond donors (Lipinski definition) is 1. The van der Waals surface area contributed by atoms with Gasteiger partial charge in [0, 0.05) is 13.1 Å². The van der Waals surface area contributed by atoms with Crippen molar-refractivity contribution in [3.63, 3.8) is 0 Å². The maximum atomic E-state index is 12.4. The van der Waals surface area contributed by atoms with Gasteiger partial charge in [-0.05, 0) is 18.9 Å².